The van der Waals surface area contributed by atoms with Gasteiger partial charge >= 0.3 is 0 Å². The number of aromatic amines is 1. The number of carbonyl (C=O) groups excluding carboxylic acids is 1. The fraction of sp³-hybridized carbons (Fsp3) is 0.647. The van der Waals surface area contributed by atoms with Crippen molar-refractivity contribution in [3.8, 4) is 0 Å². The van der Waals surface area contributed by atoms with Crippen molar-refractivity contribution >= 4 is 34.5 Å². The lowest BCUT2D eigenvalue weighted by Gasteiger charge is -2.14. The molecule has 0 saturated heterocycles. The van der Waals surface area contributed by atoms with E-state index in [0.29, 0.717) is 42.3 Å². The minimum Gasteiger partial charge on any atom is -0.368 e. The van der Waals surface area contributed by atoms with E-state index in [-0.39, 0.29) is 17.2 Å². The van der Waals surface area contributed by atoms with Crippen molar-refractivity contribution in [3.63, 3.8) is 0 Å². The van der Waals surface area contributed by atoms with Crippen LogP contribution in [0.2, 0.25) is 5.28 Å². The maximum atomic E-state index is 12.0. The second-order valence-electron chi connectivity index (χ2n) is 6.77. The van der Waals surface area contributed by atoms with Gasteiger partial charge in [0.05, 0.1) is 6.33 Å². The number of amides is 1. The molecule has 0 aromatic carbocycles. The third-order valence-electron chi connectivity index (χ3n) is 3.96. The van der Waals surface area contributed by atoms with Crippen molar-refractivity contribution in [2.75, 3.05) is 11.9 Å². The van der Waals surface area contributed by atoms with Crippen LogP contribution in [-0.4, -0.2) is 38.4 Å². The van der Waals surface area contributed by atoms with Crippen LogP contribution in [-0.2, 0) is 4.79 Å². The van der Waals surface area contributed by atoms with Gasteiger partial charge in [0, 0.05) is 19.0 Å². The lowest BCUT2D eigenvalue weighted by Crippen LogP contribution is -2.32. The van der Waals surface area contributed by atoms with Crippen molar-refractivity contribution in [3.05, 3.63) is 11.6 Å². The van der Waals surface area contributed by atoms with Crippen molar-refractivity contribution in [1.82, 2.24) is 25.3 Å². The molecule has 0 aliphatic rings. The smallest absolute Gasteiger partial charge is 0.226 e. The number of aromatic nitrogens is 4. The Morgan fingerprint density at radius 2 is 2.04 bits per heavy atom. The van der Waals surface area contributed by atoms with Gasteiger partial charge in [-0.1, -0.05) is 26.7 Å². The lowest BCUT2D eigenvalue weighted by atomic mass is 10.0. The van der Waals surface area contributed by atoms with Crippen LogP contribution in [0, 0.1) is 5.92 Å². The maximum absolute atomic E-state index is 12.0. The van der Waals surface area contributed by atoms with Crippen molar-refractivity contribution < 1.29 is 4.79 Å². The zero-order valence-corrected chi connectivity index (χ0v) is 15.9. The molecule has 0 radical (unpaired) electrons. The summed E-state index contributed by atoms with van der Waals surface area (Å²) in [4.78, 5) is 27.2. The summed E-state index contributed by atoms with van der Waals surface area (Å²) in [5, 5.41) is 6.39. The highest BCUT2D eigenvalue weighted by atomic mass is 35.5. The summed E-state index contributed by atoms with van der Waals surface area (Å²) in [6.07, 6.45) is 6.12. The molecule has 2 aromatic heterocycles. The van der Waals surface area contributed by atoms with E-state index in [2.05, 4.69) is 51.3 Å². The predicted molar refractivity (Wildman–Crippen MR) is 101 cm³/mol. The van der Waals surface area contributed by atoms with E-state index in [9.17, 15) is 4.79 Å². The van der Waals surface area contributed by atoms with Crippen LogP contribution in [0.15, 0.2) is 6.33 Å². The van der Waals surface area contributed by atoms with E-state index in [1.54, 1.807) is 6.33 Å². The number of nitrogens with zero attached hydrogens (tertiary/aromatic N) is 3. The first-order valence-corrected chi connectivity index (χ1v) is 9.23. The third-order valence-corrected chi connectivity index (χ3v) is 4.13. The average Bonchev–Trinajstić information content (AvgIpc) is 2.99. The Bertz CT molecular complexity index is 687. The lowest BCUT2D eigenvalue weighted by molar-refractivity contribution is -0.121. The van der Waals surface area contributed by atoms with Crippen molar-refractivity contribution in [1.29, 1.82) is 0 Å². The molecule has 2 aromatic rings. The molecular weight excluding hydrogens is 340 g/mol. The quantitative estimate of drug-likeness (QED) is 0.441. The van der Waals surface area contributed by atoms with Crippen LogP contribution in [0.1, 0.15) is 52.9 Å². The number of anilines is 1. The standard InChI is InChI=1S/C17H27ClN6O/c1-11(2)6-4-7-12(3)22-13(25)8-5-9-19-15-14-16(21-10-20-14)24-17(18)23-15/h10-12H,4-9H2,1-3H3,(H,22,25)(H2,19,20,21,23,24)/t12-/m0/s1. The Labute approximate surface area is 153 Å². The second kappa shape index (κ2) is 9.56. The van der Waals surface area contributed by atoms with Gasteiger partial charge in [-0.3, -0.25) is 4.79 Å². The topological polar surface area (TPSA) is 95.6 Å². The minimum absolute atomic E-state index is 0.0891. The van der Waals surface area contributed by atoms with Gasteiger partial charge in [0.1, 0.15) is 5.52 Å². The molecule has 1 atom stereocenters. The van der Waals surface area contributed by atoms with E-state index < -0.39 is 0 Å². The van der Waals surface area contributed by atoms with Gasteiger partial charge in [0.2, 0.25) is 11.2 Å². The van der Waals surface area contributed by atoms with Gasteiger partial charge < -0.3 is 15.6 Å². The van der Waals surface area contributed by atoms with Crippen LogP contribution in [0.4, 0.5) is 5.82 Å². The Morgan fingerprint density at radius 3 is 2.80 bits per heavy atom. The van der Waals surface area contributed by atoms with Gasteiger partial charge in [-0.25, -0.2) is 4.98 Å². The monoisotopic (exact) mass is 366 g/mol. The summed E-state index contributed by atoms with van der Waals surface area (Å²) in [7, 11) is 0. The molecule has 0 aliphatic carbocycles. The number of fused-ring (bicyclic) bond motifs is 1. The van der Waals surface area contributed by atoms with Crippen LogP contribution < -0.4 is 10.6 Å². The Morgan fingerprint density at radius 1 is 1.24 bits per heavy atom. The summed E-state index contributed by atoms with van der Waals surface area (Å²) < 4.78 is 0. The van der Waals surface area contributed by atoms with Crippen LogP contribution >= 0.6 is 11.6 Å². The third kappa shape index (κ3) is 6.49. The number of halogens is 1. The number of nitrogens with one attached hydrogen (secondary N) is 3. The Kier molecular flexibility index (Phi) is 7.43. The van der Waals surface area contributed by atoms with Crippen LogP contribution in [0.5, 0.6) is 0 Å². The molecule has 7 nitrogen and oxygen atoms in total. The highest BCUT2D eigenvalue weighted by Crippen LogP contribution is 2.18. The second-order valence-corrected chi connectivity index (χ2v) is 7.10. The predicted octanol–water partition coefficient (Wildman–Crippen LogP) is 3.53. The fourth-order valence-electron chi connectivity index (χ4n) is 2.64. The molecule has 3 N–H and O–H groups in total. The number of carbonyl (C=O) groups is 1. The van der Waals surface area contributed by atoms with E-state index >= 15 is 0 Å². The summed E-state index contributed by atoms with van der Waals surface area (Å²) in [5.74, 6) is 1.41. The van der Waals surface area contributed by atoms with Gasteiger partial charge in [0.15, 0.2) is 11.5 Å². The molecule has 0 bridgehead atoms. The fourth-order valence-corrected chi connectivity index (χ4v) is 2.81. The first-order chi connectivity index (χ1) is 12.0. The number of imidazole rings is 1. The van der Waals surface area contributed by atoms with Crippen LogP contribution in [0.3, 0.4) is 0 Å². The van der Waals surface area contributed by atoms with Gasteiger partial charge in [-0.05, 0) is 37.3 Å². The van der Waals surface area contributed by atoms with Gasteiger partial charge in [0.25, 0.3) is 0 Å². The average molecular weight is 367 g/mol. The first-order valence-electron chi connectivity index (χ1n) is 8.85. The molecule has 8 heteroatoms. The molecule has 25 heavy (non-hydrogen) atoms. The summed E-state index contributed by atoms with van der Waals surface area (Å²) in [6, 6.07) is 0.226. The van der Waals surface area contributed by atoms with Crippen molar-refractivity contribution in [2.45, 2.75) is 58.9 Å². The summed E-state index contributed by atoms with van der Waals surface area (Å²) >= 11 is 5.88. The van der Waals surface area contributed by atoms with Gasteiger partial charge in [-0.15, -0.1) is 0 Å². The molecule has 2 rings (SSSR count). The molecule has 0 spiro atoms. The Hall–Kier alpha value is -1.89. The summed E-state index contributed by atoms with van der Waals surface area (Å²) in [5.41, 5.74) is 1.24. The zero-order valence-electron chi connectivity index (χ0n) is 15.1. The molecule has 1 amide bonds. The van der Waals surface area contributed by atoms with E-state index in [0.717, 1.165) is 12.8 Å². The van der Waals surface area contributed by atoms with Crippen molar-refractivity contribution in [2.24, 2.45) is 5.92 Å². The zero-order chi connectivity index (χ0) is 18.2. The molecule has 0 saturated carbocycles. The van der Waals surface area contributed by atoms with Crippen LogP contribution in [0.25, 0.3) is 11.2 Å². The van der Waals surface area contributed by atoms with E-state index in [1.807, 2.05) is 0 Å². The number of hydrogen-bond acceptors (Lipinski definition) is 5. The summed E-state index contributed by atoms with van der Waals surface area (Å²) in [6.45, 7) is 7.13. The molecule has 138 valence electrons. The molecular formula is C17H27ClN6O. The number of rotatable bonds is 10. The van der Waals surface area contributed by atoms with E-state index in [1.165, 1.54) is 6.42 Å². The number of H-pyrrole nitrogens is 1. The molecule has 0 unspecified atom stereocenters. The highest BCUT2D eigenvalue weighted by Gasteiger charge is 2.10. The Balaban J connectivity index is 1.68. The highest BCUT2D eigenvalue weighted by molar-refractivity contribution is 6.28. The number of hydrogen-bond donors (Lipinski definition) is 3. The van der Waals surface area contributed by atoms with Gasteiger partial charge in [-0.2, -0.15) is 9.97 Å². The molecule has 0 fully saturated rings. The molecule has 2 heterocycles. The SMILES string of the molecule is CC(C)CCC[C@H](C)NC(=O)CCCNc1nc(Cl)nc2nc[nH]c12. The van der Waals surface area contributed by atoms with E-state index in [4.69, 9.17) is 11.6 Å². The minimum atomic E-state index is 0.0891. The molecule has 0 aliphatic heterocycles. The normalized spacial score (nSPS) is 12.5. The maximum Gasteiger partial charge on any atom is 0.226 e. The first kappa shape index (κ1) is 19.4. The largest absolute Gasteiger partial charge is 0.368 e.